The molecule has 2 N–H and O–H groups in total. The lowest BCUT2D eigenvalue weighted by atomic mass is 10.1. The van der Waals surface area contributed by atoms with Gasteiger partial charge in [0.25, 0.3) is 0 Å². The van der Waals surface area contributed by atoms with E-state index in [2.05, 4.69) is 18.8 Å². The van der Waals surface area contributed by atoms with Crippen LogP contribution in [0.25, 0.3) is 0 Å². The van der Waals surface area contributed by atoms with E-state index in [0.29, 0.717) is 6.54 Å². The highest BCUT2D eigenvalue weighted by atomic mass is 15.1. The van der Waals surface area contributed by atoms with E-state index in [1.54, 1.807) is 12.5 Å². The Labute approximate surface area is 60.9 Å². The smallest absolute Gasteiger partial charge is 0.0951 e. The average Bonchev–Trinajstić information content (AvgIpc) is 2.38. The van der Waals surface area contributed by atoms with Crippen LogP contribution in [0, 0.1) is 0 Å². The number of nitrogens with two attached hydrogens (primary N) is 1. The zero-order valence-corrected chi connectivity index (χ0v) is 6.41. The number of imidazole rings is 1. The second kappa shape index (κ2) is 2.42. The van der Waals surface area contributed by atoms with Gasteiger partial charge in [0.2, 0.25) is 0 Å². The first-order valence-corrected chi connectivity index (χ1v) is 3.35. The van der Waals surface area contributed by atoms with E-state index in [1.807, 2.05) is 10.8 Å². The molecule has 1 heterocycles. The SMILES string of the molecule is CC(C)(CN)n1ccnc1. The number of rotatable bonds is 2. The molecular weight excluding hydrogens is 126 g/mol. The van der Waals surface area contributed by atoms with Gasteiger partial charge in [-0.25, -0.2) is 4.98 Å². The maximum Gasteiger partial charge on any atom is 0.0951 e. The molecule has 0 aliphatic rings. The Morgan fingerprint density at radius 1 is 1.60 bits per heavy atom. The predicted molar refractivity (Wildman–Crippen MR) is 40.6 cm³/mol. The minimum absolute atomic E-state index is 0.00347. The highest BCUT2D eigenvalue weighted by Gasteiger charge is 2.15. The fourth-order valence-corrected chi connectivity index (χ4v) is 0.723. The second-order valence-corrected chi connectivity index (χ2v) is 2.99. The van der Waals surface area contributed by atoms with Gasteiger partial charge in [-0.3, -0.25) is 0 Å². The lowest BCUT2D eigenvalue weighted by Gasteiger charge is -2.23. The fraction of sp³-hybridized carbons (Fsp3) is 0.571. The first-order valence-electron chi connectivity index (χ1n) is 3.35. The molecule has 0 atom stereocenters. The maximum absolute atomic E-state index is 5.55. The summed E-state index contributed by atoms with van der Waals surface area (Å²) < 4.78 is 2.01. The van der Waals surface area contributed by atoms with Crippen LogP contribution in [0.15, 0.2) is 18.7 Å². The Balaban J connectivity index is 2.85. The monoisotopic (exact) mass is 139 g/mol. The van der Waals surface area contributed by atoms with Crippen molar-refractivity contribution in [3.63, 3.8) is 0 Å². The first-order chi connectivity index (χ1) is 4.67. The van der Waals surface area contributed by atoms with Gasteiger partial charge in [0, 0.05) is 18.9 Å². The number of hydrogen-bond acceptors (Lipinski definition) is 2. The van der Waals surface area contributed by atoms with Crippen LogP contribution >= 0.6 is 0 Å². The predicted octanol–water partition coefficient (Wildman–Crippen LogP) is 0.577. The quantitative estimate of drug-likeness (QED) is 0.651. The molecule has 0 aliphatic carbocycles. The minimum atomic E-state index is -0.00347. The number of aromatic nitrogens is 2. The van der Waals surface area contributed by atoms with Crippen molar-refractivity contribution in [1.29, 1.82) is 0 Å². The Morgan fingerprint density at radius 2 is 2.30 bits per heavy atom. The van der Waals surface area contributed by atoms with E-state index in [0.717, 1.165) is 0 Å². The van der Waals surface area contributed by atoms with Gasteiger partial charge in [0.05, 0.1) is 11.9 Å². The number of hydrogen-bond donors (Lipinski definition) is 1. The second-order valence-electron chi connectivity index (χ2n) is 2.99. The van der Waals surface area contributed by atoms with Crippen LogP contribution in [0.3, 0.4) is 0 Å². The fourth-order valence-electron chi connectivity index (χ4n) is 0.723. The van der Waals surface area contributed by atoms with Crippen molar-refractivity contribution in [2.24, 2.45) is 5.73 Å². The molecule has 0 aliphatic heterocycles. The molecule has 3 heteroatoms. The van der Waals surface area contributed by atoms with Gasteiger partial charge in [-0.15, -0.1) is 0 Å². The molecule has 0 aromatic carbocycles. The molecule has 0 bridgehead atoms. The Bertz CT molecular complexity index is 189. The van der Waals surface area contributed by atoms with Gasteiger partial charge in [-0.1, -0.05) is 0 Å². The van der Waals surface area contributed by atoms with E-state index in [9.17, 15) is 0 Å². The molecule has 3 nitrogen and oxygen atoms in total. The van der Waals surface area contributed by atoms with Crippen molar-refractivity contribution in [1.82, 2.24) is 9.55 Å². The molecule has 56 valence electrons. The van der Waals surface area contributed by atoms with E-state index in [4.69, 9.17) is 5.73 Å². The van der Waals surface area contributed by atoms with Gasteiger partial charge >= 0.3 is 0 Å². The largest absolute Gasteiger partial charge is 0.331 e. The van der Waals surface area contributed by atoms with Gasteiger partial charge in [0.1, 0.15) is 0 Å². The summed E-state index contributed by atoms with van der Waals surface area (Å²) >= 11 is 0. The average molecular weight is 139 g/mol. The molecule has 10 heavy (non-hydrogen) atoms. The van der Waals surface area contributed by atoms with Crippen molar-refractivity contribution < 1.29 is 0 Å². The van der Waals surface area contributed by atoms with Crippen molar-refractivity contribution in [2.75, 3.05) is 6.54 Å². The molecule has 0 unspecified atom stereocenters. The molecule has 1 rings (SSSR count). The van der Waals surface area contributed by atoms with E-state index < -0.39 is 0 Å². The molecule has 0 saturated heterocycles. The normalized spacial score (nSPS) is 11.9. The molecular formula is C7H13N3. The summed E-state index contributed by atoms with van der Waals surface area (Å²) in [4.78, 5) is 3.94. The summed E-state index contributed by atoms with van der Waals surface area (Å²) in [6.45, 7) is 4.78. The van der Waals surface area contributed by atoms with Crippen molar-refractivity contribution >= 4 is 0 Å². The summed E-state index contributed by atoms with van der Waals surface area (Å²) in [6, 6.07) is 0. The first kappa shape index (κ1) is 7.28. The van der Waals surface area contributed by atoms with Gasteiger partial charge in [-0.05, 0) is 13.8 Å². The lowest BCUT2D eigenvalue weighted by molar-refractivity contribution is 0.366. The van der Waals surface area contributed by atoms with Crippen LogP contribution in [0.1, 0.15) is 13.8 Å². The maximum atomic E-state index is 5.55. The van der Waals surface area contributed by atoms with Crippen LogP contribution in [-0.4, -0.2) is 16.1 Å². The van der Waals surface area contributed by atoms with Crippen molar-refractivity contribution in [3.8, 4) is 0 Å². The summed E-state index contributed by atoms with van der Waals surface area (Å²) in [5.41, 5.74) is 5.55. The highest BCUT2D eigenvalue weighted by Crippen LogP contribution is 2.10. The summed E-state index contributed by atoms with van der Waals surface area (Å²) in [5, 5.41) is 0. The number of nitrogens with zero attached hydrogens (tertiary/aromatic N) is 2. The third-order valence-electron chi connectivity index (χ3n) is 1.70. The molecule has 1 aromatic rings. The van der Waals surface area contributed by atoms with Crippen molar-refractivity contribution in [2.45, 2.75) is 19.4 Å². The minimum Gasteiger partial charge on any atom is -0.331 e. The zero-order valence-electron chi connectivity index (χ0n) is 6.41. The molecule has 0 fully saturated rings. The van der Waals surface area contributed by atoms with Crippen molar-refractivity contribution in [3.05, 3.63) is 18.7 Å². The molecule has 0 radical (unpaired) electrons. The highest BCUT2D eigenvalue weighted by molar-refractivity contribution is 4.86. The third kappa shape index (κ3) is 1.19. The zero-order chi connectivity index (χ0) is 7.61. The van der Waals surface area contributed by atoms with E-state index >= 15 is 0 Å². The van der Waals surface area contributed by atoms with Gasteiger partial charge in [-0.2, -0.15) is 0 Å². The van der Waals surface area contributed by atoms with Crippen LogP contribution < -0.4 is 5.73 Å². The van der Waals surface area contributed by atoms with E-state index in [1.165, 1.54) is 0 Å². The van der Waals surface area contributed by atoms with Gasteiger partial charge in [0.15, 0.2) is 0 Å². The topological polar surface area (TPSA) is 43.8 Å². The van der Waals surface area contributed by atoms with Crippen LogP contribution in [0.4, 0.5) is 0 Å². The van der Waals surface area contributed by atoms with Crippen LogP contribution in [0.2, 0.25) is 0 Å². The van der Waals surface area contributed by atoms with Crippen LogP contribution in [0.5, 0.6) is 0 Å². The standard InChI is InChI=1S/C7H13N3/c1-7(2,5-8)10-4-3-9-6-10/h3-4,6H,5,8H2,1-2H3. The van der Waals surface area contributed by atoms with Crippen LogP contribution in [-0.2, 0) is 5.54 Å². The summed E-state index contributed by atoms with van der Waals surface area (Å²) in [5.74, 6) is 0. The Hall–Kier alpha value is -0.830. The summed E-state index contributed by atoms with van der Waals surface area (Å²) in [7, 11) is 0. The Kier molecular flexibility index (Phi) is 1.76. The van der Waals surface area contributed by atoms with E-state index in [-0.39, 0.29) is 5.54 Å². The lowest BCUT2D eigenvalue weighted by Crippen LogP contribution is -2.33. The molecule has 0 spiro atoms. The summed E-state index contributed by atoms with van der Waals surface area (Å²) in [6.07, 6.45) is 5.47. The molecule has 0 amide bonds. The Morgan fingerprint density at radius 3 is 2.70 bits per heavy atom. The third-order valence-corrected chi connectivity index (χ3v) is 1.70. The molecule has 1 aromatic heterocycles. The molecule has 0 saturated carbocycles. The van der Waals surface area contributed by atoms with Gasteiger partial charge < -0.3 is 10.3 Å².